The van der Waals surface area contributed by atoms with Gasteiger partial charge in [0, 0.05) is 24.9 Å². The van der Waals surface area contributed by atoms with Crippen LogP contribution < -0.4 is 5.32 Å². The summed E-state index contributed by atoms with van der Waals surface area (Å²) in [5, 5.41) is 22.4. The Balaban J connectivity index is 1.71. The first kappa shape index (κ1) is 20.4. The van der Waals surface area contributed by atoms with Crippen LogP contribution in [0.25, 0.3) is 0 Å². The molecule has 5 nitrogen and oxygen atoms in total. The minimum absolute atomic E-state index is 0.238. The van der Waals surface area contributed by atoms with Gasteiger partial charge in [0.1, 0.15) is 0 Å². The molecule has 2 bridgehead atoms. The molecule has 2 aliphatic rings. The normalized spacial score (nSPS) is 29.5. The van der Waals surface area contributed by atoms with Gasteiger partial charge in [-0.3, -0.25) is 4.79 Å². The predicted molar refractivity (Wildman–Crippen MR) is 98.6 cm³/mol. The molecule has 2 rings (SSSR count). The Bertz CT molecular complexity index is 426. The van der Waals surface area contributed by atoms with Crippen molar-refractivity contribution in [1.29, 1.82) is 0 Å². The number of aliphatic hydroxyl groups excluding tert-OH is 1. The topological polar surface area (TPSA) is 78.8 Å². The SMILES string of the molecule is CCCCCC(O)CN[C@H]1[C@@H](CC=CCCCC(=O)O)[C@H]2CC[C@@H]1O2. The minimum atomic E-state index is -0.725. The Morgan fingerprint density at radius 1 is 1.24 bits per heavy atom. The highest BCUT2D eigenvalue weighted by molar-refractivity contribution is 5.66. The molecule has 5 heteroatoms. The molecular formula is C20H35NO4. The number of aliphatic carboxylic acids is 1. The number of fused-ring (bicyclic) bond motifs is 2. The summed E-state index contributed by atoms with van der Waals surface area (Å²) >= 11 is 0. The van der Waals surface area contributed by atoms with E-state index in [4.69, 9.17) is 9.84 Å². The fourth-order valence-electron chi connectivity index (χ4n) is 4.10. The third-order valence-corrected chi connectivity index (χ3v) is 5.49. The van der Waals surface area contributed by atoms with Crippen LogP contribution in [0.15, 0.2) is 12.2 Å². The second-order valence-electron chi connectivity index (χ2n) is 7.53. The molecule has 2 aliphatic heterocycles. The molecule has 5 atom stereocenters. The molecular weight excluding hydrogens is 318 g/mol. The molecule has 0 aliphatic carbocycles. The smallest absolute Gasteiger partial charge is 0.303 e. The molecule has 0 aromatic heterocycles. The highest BCUT2D eigenvalue weighted by atomic mass is 16.5. The number of unbranched alkanes of at least 4 members (excludes halogenated alkanes) is 3. The van der Waals surface area contributed by atoms with Crippen molar-refractivity contribution in [3.05, 3.63) is 12.2 Å². The van der Waals surface area contributed by atoms with Gasteiger partial charge in [-0.1, -0.05) is 38.3 Å². The lowest BCUT2D eigenvalue weighted by Crippen LogP contribution is -2.46. The summed E-state index contributed by atoms with van der Waals surface area (Å²) < 4.78 is 6.08. The number of hydrogen-bond acceptors (Lipinski definition) is 4. The van der Waals surface area contributed by atoms with Gasteiger partial charge in [0.25, 0.3) is 0 Å². The summed E-state index contributed by atoms with van der Waals surface area (Å²) in [4.78, 5) is 10.5. The molecule has 0 aromatic rings. The lowest BCUT2D eigenvalue weighted by Gasteiger charge is -2.29. The number of carboxylic acid groups (broad SMARTS) is 1. The second kappa shape index (κ2) is 10.9. The van der Waals surface area contributed by atoms with E-state index < -0.39 is 5.97 Å². The number of rotatable bonds is 13. The van der Waals surface area contributed by atoms with E-state index in [2.05, 4.69) is 24.4 Å². The molecule has 0 spiro atoms. The van der Waals surface area contributed by atoms with Crippen LogP contribution >= 0.6 is 0 Å². The third-order valence-electron chi connectivity index (χ3n) is 5.49. The number of aliphatic hydroxyl groups is 1. The highest BCUT2D eigenvalue weighted by Gasteiger charge is 2.47. The summed E-state index contributed by atoms with van der Waals surface area (Å²) in [5.41, 5.74) is 0. The zero-order valence-corrected chi connectivity index (χ0v) is 15.5. The van der Waals surface area contributed by atoms with Crippen molar-refractivity contribution >= 4 is 5.97 Å². The maximum Gasteiger partial charge on any atom is 0.303 e. The van der Waals surface area contributed by atoms with Gasteiger partial charge >= 0.3 is 5.97 Å². The Labute approximate surface area is 151 Å². The van der Waals surface area contributed by atoms with E-state index in [1.54, 1.807) is 0 Å². The molecule has 0 amide bonds. The number of carboxylic acids is 1. The van der Waals surface area contributed by atoms with Gasteiger partial charge < -0.3 is 20.3 Å². The lowest BCUT2D eigenvalue weighted by molar-refractivity contribution is -0.137. The van der Waals surface area contributed by atoms with E-state index >= 15 is 0 Å². The summed E-state index contributed by atoms with van der Waals surface area (Å²) in [6.45, 7) is 2.83. The average molecular weight is 354 g/mol. The van der Waals surface area contributed by atoms with E-state index in [1.807, 2.05) is 0 Å². The van der Waals surface area contributed by atoms with Crippen molar-refractivity contribution in [3.8, 4) is 0 Å². The molecule has 2 fully saturated rings. The van der Waals surface area contributed by atoms with Crippen LogP contribution in [0.1, 0.15) is 71.1 Å². The first-order valence-corrected chi connectivity index (χ1v) is 10.1. The molecule has 0 aromatic carbocycles. The Hall–Kier alpha value is -0.910. The number of nitrogens with one attached hydrogen (secondary N) is 1. The number of hydrogen-bond donors (Lipinski definition) is 3. The lowest BCUT2D eigenvalue weighted by atomic mass is 9.82. The summed E-state index contributed by atoms with van der Waals surface area (Å²) in [6, 6.07) is 0.336. The van der Waals surface area contributed by atoms with Crippen LogP contribution in [0.5, 0.6) is 0 Å². The number of allylic oxidation sites excluding steroid dienone is 2. The van der Waals surface area contributed by atoms with Crippen molar-refractivity contribution in [2.45, 2.75) is 95.5 Å². The van der Waals surface area contributed by atoms with Gasteiger partial charge in [0.05, 0.1) is 18.3 Å². The molecule has 2 saturated heterocycles. The Morgan fingerprint density at radius 2 is 2.04 bits per heavy atom. The summed E-state index contributed by atoms with van der Waals surface area (Å²) in [5.74, 6) is -0.256. The summed E-state index contributed by atoms with van der Waals surface area (Å²) in [6.07, 6.45) is 14.0. The number of carbonyl (C=O) groups is 1. The van der Waals surface area contributed by atoms with Gasteiger partial charge in [-0.25, -0.2) is 0 Å². The van der Waals surface area contributed by atoms with Crippen LogP contribution in [0.2, 0.25) is 0 Å². The van der Waals surface area contributed by atoms with Gasteiger partial charge in [0.15, 0.2) is 0 Å². The minimum Gasteiger partial charge on any atom is -0.481 e. The molecule has 0 radical (unpaired) electrons. The highest BCUT2D eigenvalue weighted by Crippen LogP contribution is 2.41. The van der Waals surface area contributed by atoms with Gasteiger partial charge in [-0.2, -0.15) is 0 Å². The predicted octanol–water partition coefficient (Wildman–Crippen LogP) is 3.26. The van der Waals surface area contributed by atoms with E-state index in [-0.39, 0.29) is 12.5 Å². The van der Waals surface area contributed by atoms with Crippen molar-refractivity contribution in [3.63, 3.8) is 0 Å². The molecule has 1 unspecified atom stereocenters. The third kappa shape index (κ3) is 6.72. The zero-order valence-electron chi connectivity index (χ0n) is 15.5. The van der Waals surface area contributed by atoms with Crippen LogP contribution in [0, 0.1) is 5.92 Å². The molecule has 3 N–H and O–H groups in total. The van der Waals surface area contributed by atoms with Crippen molar-refractivity contribution in [2.75, 3.05) is 6.54 Å². The standard InChI is InChI=1S/C20H35NO4/c1-2-3-6-9-15(22)14-21-20-16(17-12-13-18(20)25-17)10-7-4-5-8-11-19(23)24/h4,7,15-18,20-22H,2-3,5-6,8-14H2,1H3,(H,23,24)/t15?,16-,17+,18-,20-/m0/s1. The zero-order chi connectivity index (χ0) is 18.1. The summed E-state index contributed by atoms with van der Waals surface area (Å²) in [7, 11) is 0. The molecule has 144 valence electrons. The molecule has 25 heavy (non-hydrogen) atoms. The molecule has 0 saturated carbocycles. The fourth-order valence-corrected chi connectivity index (χ4v) is 4.10. The average Bonchev–Trinajstić information content (AvgIpc) is 3.17. The van der Waals surface area contributed by atoms with Crippen LogP contribution in [0.4, 0.5) is 0 Å². The van der Waals surface area contributed by atoms with Gasteiger partial charge in [-0.05, 0) is 38.5 Å². The van der Waals surface area contributed by atoms with Crippen molar-refractivity contribution in [2.24, 2.45) is 5.92 Å². The van der Waals surface area contributed by atoms with Gasteiger partial charge in [0.2, 0.25) is 0 Å². The monoisotopic (exact) mass is 353 g/mol. The fraction of sp³-hybridized carbons (Fsp3) is 0.850. The van der Waals surface area contributed by atoms with E-state index in [0.29, 0.717) is 37.1 Å². The van der Waals surface area contributed by atoms with E-state index in [0.717, 1.165) is 38.5 Å². The van der Waals surface area contributed by atoms with E-state index in [9.17, 15) is 9.90 Å². The van der Waals surface area contributed by atoms with Crippen LogP contribution in [0.3, 0.4) is 0 Å². The van der Waals surface area contributed by atoms with Crippen LogP contribution in [-0.4, -0.2) is 47.1 Å². The first-order chi connectivity index (χ1) is 12.1. The quantitative estimate of drug-likeness (QED) is 0.350. The number of ether oxygens (including phenoxy) is 1. The Kier molecular flexibility index (Phi) is 8.93. The van der Waals surface area contributed by atoms with E-state index in [1.165, 1.54) is 12.8 Å². The second-order valence-corrected chi connectivity index (χ2v) is 7.53. The maximum absolute atomic E-state index is 10.5. The Morgan fingerprint density at radius 3 is 2.80 bits per heavy atom. The van der Waals surface area contributed by atoms with Crippen molar-refractivity contribution < 1.29 is 19.7 Å². The largest absolute Gasteiger partial charge is 0.481 e. The maximum atomic E-state index is 10.5. The van der Waals surface area contributed by atoms with Crippen molar-refractivity contribution in [1.82, 2.24) is 5.32 Å². The van der Waals surface area contributed by atoms with Gasteiger partial charge in [-0.15, -0.1) is 0 Å². The van der Waals surface area contributed by atoms with Crippen LogP contribution in [-0.2, 0) is 9.53 Å². The molecule has 2 heterocycles. The first-order valence-electron chi connectivity index (χ1n) is 10.1.